The van der Waals surface area contributed by atoms with E-state index in [4.69, 9.17) is 4.74 Å². The van der Waals surface area contributed by atoms with Gasteiger partial charge in [0, 0.05) is 66.2 Å². The molecule has 13 nitrogen and oxygen atoms in total. The Hall–Kier alpha value is -5.70. The lowest BCUT2D eigenvalue weighted by Gasteiger charge is -2.61. The Balaban J connectivity index is 0.691. The molecule has 3 aliphatic heterocycles. The van der Waals surface area contributed by atoms with Crippen LogP contribution in [0.25, 0.3) is 16.9 Å². The van der Waals surface area contributed by atoms with Crippen molar-refractivity contribution in [2.45, 2.75) is 94.4 Å². The highest BCUT2D eigenvalue weighted by Crippen LogP contribution is 2.51. The minimum absolute atomic E-state index is 0.0514. The fraction of sp³-hybridized carbons (Fsp3) is 0.455. The molecule has 59 heavy (non-hydrogen) atoms. The Bertz CT molecular complexity index is 2290. The number of nitrogens with zero attached hydrogens (tertiary/aromatic N) is 5. The summed E-state index contributed by atoms with van der Waals surface area (Å²) in [6.07, 6.45) is 9.84. The van der Waals surface area contributed by atoms with E-state index in [-0.39, 0.29) is 64.9 Å². The summed E-state index contributed by atoms with van der Waals surface area (Å²) in [6, 6.07) is 17.0. The quantitative estimate of drug-likeness (QED) is 0.172. The Morgan fingerprint density at radius 2 is 1.66 bits per heavy atom. The molecule has 5 fully saturated rings. The van der Waals surface area contributed by atoms with E-state index in [1.165, 1.54) is 16.7 Å². The standard InChI is InChI=1S/C44H48F2N8O5/c45-35-21-30(48-37-13-14-38(55)50-41(37)57)9-12-34(35)27-15-18-52(19-16-27)32-22-44(23-32)25-53(26-44)43(58)59-33-10-7-29(8-11-33)49-42-47-24-36(46)40(51-42)28-4-3-5-31(20-28)54-17-2-1-6-39(54)56/h1-6,9,12,17,20-21,24,27,29,32-33,37,48H,7-8,10-11,13-16,18-19,22-23,25-26H2,(H,47,49,51)(H,50,55,57). The van der Waals surface area contributed by atoms with E-state index in [1.807, 2.05) is 17.0 Å². The fourth-order valence-electron chi connectivity index (χ4n) is 9.71. The third-order valence-corrected chi connectivity index (χ3v) is 13.0. The first-order valence-electron chi connectivity index (χ1n) is 20.7. The predicted molar refractivity (Wildman–Crippen MR) is 216 cm³/mol. The zero-order chi connectivity index (χ0) is 40.7. The van der Waals surface area contributed by atoms with Crippen LogP contribution in [0.2, 0.25) is 0 Å². The maximum absolute atomic E-state index is 15.2. The molecule has 308 valence electrons. The van der Waals surface area contributed by atoms with Gasteiger partial charge < -0.3 is 25.2 Å². The molecular weight excluding hydrogens is 759 g/mol. The van der Waals surface area contributed by atoms with E-state index in [9.17, 15) is 23.6 Å². The maximum atomic E-state index is 15.2. The number of halogens is 2. The number of carbonyl (C=O) groups is 3. The smallest absolute Gasteiger partial charge is 0.410 e. The molecule has 3 amide bonds. The monoisotopic (exact) mass is 806 g/mol. The second kappa shape index (κ2) is 16.2. The largest absolute Gasteiger partial charge is 0.446 e. The Kier molecular flexibility index (Phi) is 10.6. The van der Waals surface area contributed by atoms with Gasteiger partial charge in [-0.3, -0.25) is 24.3 Å². The normalized spacial score (nSPS) is 23.6. The molecular formula is C44H48F2N8O5. The van der Waals surface area contributed by atoms with Crippen LogP contribution in [-0.2, 0) is 14.3 Å². The van der Waals surface area contributed by atoms with Crippen LogP contribution in [0.3, 0.4) is 0 Å². The first kappa shape index (κ1) is 38.8. The second-order valence-corrected chi connectivity index (χ2v) is 17.0. The minimum atomic E-state index is -0.560. The number of nitrogens with one attached hydrogen (secondary N) is 3. The van der Waals surface area contributed by atoms with E-state index in [0.29, 0.717) is 53.8 Å². The highest BCUT2D eigenvalue weighted by atomic mass is 19.1. The van der Waals surface area contributed by atoms with Gasteiger partial charge in [-0.2, -0.15) is 0 Å². The summed E-state index contributed by atoms with van der Waals surface area (Å²) in [7, 11) is 0. The summed E-state index contributed by atoms with van der Waals surface area (Å²) in [4.78, 5) is 62.0. The van der Waals surface area contributed by atoms with Gasteiger partial charge in [0.05, 0.1) is 6.20 Å². The van der Waals surface area contributed by atoms with Crippen LogP contribution < -0.4 is 21.5 Å². The van der Waals surface area contributed by atoms with Gasteiger partial charge in [-0.25, -0.2) is 23.5 Å². The lowest BCUT2D eigenvalue weighted by molar-refractivity contribution is -0.133. The van der Waals surface area contributed by atoms with Crippen molar-refractivity contribution in [3.63, 3.8) is 0 Å². The SMILES string of the molecule is O=C1CCC(Nc2ccc(C3CCN(C4CC5(C4)CN(C(=O)OC4CCC(Nc6ncc(F)c(-c7cccc(-n8ccccc8=O)c7)n6)CC4)C5)CC3)c(F)c2)C(=O)N1. The average Bonchev–Trinajstić information content (AvgIpc) is 3.20. The van der Waals surface area contributed by atoms with E-state index < -0.39 is 11.9 Å². The van der Waals surface area contributed by atoms with Crippen molar-refractivity contribution in [1.29, 1.82) is 0 Å². The topological polar surface area (TPSA) is 151 Å². The summed E-state index contributed by atoms with van der Waals surface area (Å²) in [6.45, 7) is 3.25. The van der Waals surface area contributed by atoms with Crippen molar-refractivity contribution >= 4 is 29.5 Å². The van der Waals surface area contributed by atoms with Gasteiger partial charge in [-0.15, -0.1) is 0 Å². The molecule has 3 saturated heterocycles. The van der Waals surface area contributed by atoms with E-state index >= 15 is 4.39 Å². The molecule has 0 radical (unpaired) electrons. The molecule has 5 aliphatic rings. The van der Waals surface area contributed by atoms with E-state index in [0.717, 1.165) is 70.9 Å². The minimum Gasteiger partial charge on any atom is -0.446 e. The molecule has 5 heterocycles. The molecule has 2 aliphatic carbocycles. The lowest BCUT2D eigenvalue weighted by Crippen LogP contribution is -2.68. The van der Waals surface area contributed by atoms with Crippen LogP contribution in [0.15, 0.2) is 77.9 Å². The Morgan fingerprint density at radius 1 is 0.864 bits per heavy atom. The number of piperidine rings is 2. The number of pyridine rings is 1. The Labute approximate surface area is 340 Å². The van der Waals surface area contributed by atoms with Gasteiger partial charge in [-0.1, -0.05) is 24.3 Å². The molecule has 2 aromatic carbocycles. The van der Waals surface area contributed by atoms with Crippen LogP contribution in [0.5, 0.6) is 0 Å². The highest BCUT2D eigenvalue weighted by molar-refractivity contribution is 6.01. The predicted octanol–water partition coefficient (Wildman–Crippen LogP) is 5.99. The molecule has 0 bridgehead atoms. The molecule has 9 rings (SSSR count). The fourth-order valence-corrected chi connectivity index (χ4v) is 9.71. The molecule has 1 unspecified atom stereocenters. The number of hydrogen-bond donors (Lipinski definition) is 3. The molecule has 2 saturated carbocycles. The van der Waals surface area contributed by atoms with Crippen molar-refractivity contribution in [3.8, 4) is 16.9 Å². The zero-order valence-corrected chi connectivity index (χ0v) is 32.7. The number of ether oxygens (including phenoxy) is 1. The third-order valence-electron chi connectivity index (χ3n) is 13.0. The summed E-state index contributed by atoms with van der Waals surface area (Å²) in [5.41, 5.74) is 2.50. The molecule has 1 atom stereocenters. The van der Waals surface area contributed by atoms with E-state index in [2.05, 4.69) is 30.8 Å². The van der Waals surface area contributed by atoms with Crippen molar-refractivity contribution < 1.29 is 27.9 Å². The zero-order valence-electron chi connectivity index (χ0n) is 32.7. The maximum Gasteiger partial charge on any atom is 0.410 e. The number of hydrogen-bond acceptors (Lipinski definition) is 10. The summed E-state index contributed by atoms with van der Waals surface area (Å²) < 4.78 is 37.6. The number of amides is 3. The van der Waals surface area contributed by atoms with Crippen LogP contribution in [0.4, 0.5) is 25.2 Å². The van der Waals surface area contributed by atoms with Crippen LogP contribution >= 0.6 is 0 Å². The van der Waals surface area contributed by atoms with Gasteiger partial charge in [-0.05, 0) is 113 Å². The molecule has 3 N–H and O–H groups in total. The summed E-state index contributed by atoms with van der Waals surface area (Å²) >= 11 is 0. The number of rotatable bonds is 9. The van der Waals surface area contributed by atoms with Gasteiger partial charge in [0.2, 0.25) is 17.8 Å². The number of carbonyl (C=O) groups excluding carboxylic acids is 3. The number of imide groups is 1. The first-order chi connectivity index (χ1) is 28.6. The van der Waals surface area contributed by atoms with Crippen molar-refractivity contribution in [3.05, 3.63) is 101 Å². The van der Waals surface area contributed by atoms with Gasteiger partial charge in [0.15, 0.2) is 5.82 Å². The van der Waals surface area contributed by atoms with Crippen LogP contribution in [-0.4, -0.2) is 92.7 Å². The number of anilines is 2. The van der Waals surface area contributed by atoms with Gasteiger partial charge in [0.1, 0.15) is 23.7 Å². The third kappa shape index (κ3) is 8.30. The van der Waals surface area contributed by atoms with Crippen molar-refractivity contribution in [2.24, 2.45) is 5.41 Å². The lowest BCUT2D eigenvalue weighted by atomic mass is 9.60. The number of likely N-dealkylation sites (tertiary alicyclic amines) is 2. The first-order valence-corrected chi connectivity index (χ1v) is 20.7. The number of aromatic nitrogens is 3. The summed E-state index contributed by atoms with van der Waals surface area (Å²) in [5.74, 6) is -1.04. The molecule has 15 heteroatoms. The van der Waals surface area contributed by atoms with Crippen LogP contribution in [0, 0.1) is 17.0 Å². The Morgan fingerprint density at radius 3 is 2.41 bits per heavy atom. The highest BCUT2D eigenvalue weighted by Gasteiger charge is 2.55. The number of benzene rings is 2. The molecule has 1 spiro atoms. The summed E-state index contributed by atoms with van der Waals surface area (Å²) in [5, 5.41) is 8.73. The van der Waals surface area contributed by atoms with Crippen molar-refractivity contribution in [2.75, 3.05) is 36.8 Å². The van der Waals surface area contributed by atoms with Crippen LogP contribution in [0.1, 0.15) is 75.7 Å². The average molecular weight is 807 g/mol. The second-order valence-electron chi connectivity index (χ2n) is 17.0. The van der Waals surface area contributed by atoms with Gasteiger partial charge >= 0.3 is 6.09 Å². The van der Waals surface area contributed by atoms with E-state index in [1.54, 1.807) is 42.6 Å². The van der Waals surface area contributed by atoms with Gasteiger partial charge in [0.25, 0.3) is 5.56 Å². The molecule has 4 aromatic rings. The molecule has 2 aromatic heterocycles. The van der Waals surface area contributed by atoms with Crippen molar-refractivity contribution in [1.82, 2.24) is 29.7 Å².